The van der Waals surface area contributed by atoms with Crippen LogP contribution in [-0.4, -0.2) is 38.4 Å². The molecule has 0 spiro atoms. The molecule has 27 heavy (non-hydrogen) atoms. The number of sulfonamides is 1. The van der Waals surface area contributed by atoms with Crippen molar-refractivity contribution in [3.63, 3.8) is 0 Å². The van der Waals surface area contributed by atoms with Gasteiger partial charge in [-0.15, -0.1) is 0 Å². The highest BCUT2D eigenvalue weighted by molar-refractivity contribution is 7.89. The van der Waals surface area contributed by atoms with E-state index in [0.29, 0.717) is 38.0 Å². The first kappa shape index (κ1) is 19.5. The Morgan fingerprint density at radius 3 is 2.22 bits per heavy atom. The molecule has 144 valence electrons. The Morgan fingerprint density at radius 1 is 1.07 bits per heavy atom. The maximum atomic E-state index is 13.0. The van der Waals surface area contributed by atoms with Gasteiger partial charge in [-0.25, -0.2) is 17.5 Å². The van der Waals surface area contributed by atoms with E-state index >= 15 is 0 Å². The maximum absolute atomic E-state index is 13.0. The lowest BCUT2D eigenvalue weighted by Gasteiger charge is -2.32. The number of piperidine rings is 1. The Balaban J connectivity index is 1.58. The second-order valence-corrected chi connectivity index (χ2v) is 8.26. The van der Waals surface area contributed by atoms with Gasteiger partial charge in [-0.05, 0) is 54.8 Å². The number of benzene rings is 2. The predicted octanol–water partition coefficient (Wildman–Crippen LogP) is 1.87. The topological polar surface area (TPSA) is 92.5 Å². The van der Waals surface area contributed by atoms with E-state index in [-0.39, 0.29) is 16.8 Å². The van der Waals surface area contributed by atoms with Crippen LogP contribution >= 0.6 is 0 Å². The van der Waals surface area contributed by atoms with Gasteiger partial charge in [0.05, 0.1) is 4.90 Å². The smallest absolute Gasteiger partial charge is 0.253 e. The summed E-state index contributed by atoms with van der Waals surface area (Å²) >= 11 is 0. The van der Waals surface area contributed by atoms with Gasteiger partial charge in [0, 0.05) is 31.2 Å². The molecular weight excluding hydrogens is 369 g/mol. The molecule has 0 saturated carbocycles. The highest BCUT2D eigenvalue weighted by atomic mass is 32.2. The molecule has 1 fully saturated rings. The lowest BCUT2D eigenvalue weighted by molar-refractivity contribution is 0.0711. The van der Waals surface area contributed by atoms with Crippen molar-refractivity contribution in [2.45, 2.75) is 30.3 Å². The van der Waals surface area contributed by atoms with Crippen LogP contribution in [0.25, 0.3) is 0 Å². The summed E-state index contributed by atoms with van der Waals surface area (Å²) in [6.07, 6.45) is 1.04. The zero-order chi connectivity index (χ0) is 19.4. The molecule has 0 aromatic heterocycles. The van der Waals surface area contributed by atoms with Crippen LogP contribution in [-0.2, 0) is 16.6 Å². The SMILES string of the molecule is NCc1ccc(C(=O)N2CCC(NS(=O)(=O)c3ccc(F)cc3)CC2)cc1. The number of rotatable bonds is 5. The third-order valence-electron chi connectivity index (χ3n) is 4.66. The maximum Gasteiger partial charge on any atom is 0.253 e. The Hall–Kier alpha value is -2.29. The lowest BCUT2D eigenvalue weighted by atomic mass is 10.0. The molecule has 0 radical (unpaired) electrons. The largest absolute Gasteiger partial charge is 0.339 e. The summed E-state index contributed by atoms with van der Waals surface area (Å²) in [5, 5.41) is 0. The van der Waals surface area contributed by atoms with Gasteiger partial charge in [0.15, 0.2) is 0 Å². The third kappa shape index (κ3) is 4.71. The summed E-state index contributed by atoms with van der Waals surface area (Å²) in [6, 6.07) is 11.6. The van der Waals surface area contributed by atoms with Gasteiger partial charge >= 0.3 is 0 Å². The van der Waals surface area contributed by atoms with Crippen LogP contribution in [0.15, 0.2) is 53.4 Å². The summed E-state index contributed by atoms with van der Waals surface area (Å²) in [7, 11) is -3.71. The average Bonchev–Trinajstić information content (AvgIpc) is 2.68. The first-order valence-corrected chi connectivity index (χ1v) is 10.2. The number of halogens is 1. The Labute approximate surface area is 158 Å². The Morgan fingerprint density at radius 2 is 1.67 bits per heavy atom. The van der Waals surface area contributed by atoms with Crippen molar-refractivity contribution >= 4 is 15.9 Å². The van der Waals surface area contributed by atoms with Crippen molar-refractivity contribution in [1.82, 2.24) is 9.62 Å². The number of hydrogen-bond acceptors (Lipinski definition) is 4. The fourth-order valence-electron chi connectivity index (χ4n) is 3.07. The van der Waals surface area contributed by atoms with Crippen LogP contribution < -0.4 is 10.5 Å². The minimum atomic E-state index is -3.71. The fourth-order valence-corrected chi connectivity index (χ4v) is 4.37. The van der Waals surface area contributed by atoms with Gasteiger partial charge < -0.3 is 10.6 Å². The van der Waals surface area contributed by atoms with E-state index in [9.17, 15) is 17.6 Å². The number of nitrogens with zero attached hydrogens (tertiary/aromatic N) is 1. The summed E-state index contributed by atoms with van der Waals surface area (Å²) < 4.78 is 40.4. The molecule has 2 aromatic carbocycles. The number of carbonyl (C=O) groups is 1. The molecule has 1 saturated heterocycles. The van der Waals surface area contributed by atoms with Crippen LogP contribution in [0.4, 0.5) is 4.39 Å². The first-order valence-electron chi connectivity index (χ1n) is 8.75. The van der Waals surface area contributed by atoms with Gasteiger partial charge in [-0.2, -0.15) is 0 Å². The van der Waals surface area contributed by atoms with Crippen LogP contribution in [0.3, 0.4) is 0 Å². The molecule has 8 heteroatoms. The van der Waals surface area contributed by atoms with Gasteiger partial charge in [-0.3, -0.25) is 4.79 Å². The minimum Gasteiger partial charge on any atom is -0.339 e. The second kappa shape index (κ2) is 8.16. The number of hydrogen-bond donors (Lipinski definition) is 2. The zero-order valence-corrected chi connectivity index (χ0v) is 15.6. The van der Waals surface area contributed by atoms with Crippen molar-refractivity contribution in [2.75, 3.05) is 13.1 Å². The minimum absolute atomic E-state index is 0.0300. The highest BCUT2D eigenvalue weighted by Gasteiger charge is 2.27. The third-order valence-corrected chi connectivity index (χ3v) is 6.20. The molecule has 0 bridgehead atoms. The molecule has 1 aliphatic rings. The Bertz CT molecular complexity index is 891. The molecule has 0 atom stereocenters. The van der Waals surface area contributed by atoms with E-state index < -0.39 is 15.8 Å². The number of carbonyl (C=O) groups excluding carboxylic acids is 1. The molecule has 3 rings (SSSR count). The van der Waals surface area contributed by atoms with Crippen molar-refractivity contribution in [3.8, 4) is 0 Å². The monoisotopic (exact) mass is 391 g/mol. The summed E-state index contributed by atoms with van der Waals surface area (Å²) in [5.41, 5.74) is 7.12. The van der Waals surface area contributed by atoms with E-state index in [0.717, 1.165) is 17.7 Å². The predicted molar refractivity (Wildman–Crippen MR) is 100.0 cm³/mol. The standard InChI is InChI=1S/C19H22FN3O3S/c20-16-5-7-18(8-6-16)27(25,26)22-17-9-11-23(12-10-17)19(24)15-3-1-14(13-21)2-4-15/h1-8,17,22H,9-13,21H2. The molecule has 1 aliphatic heterocycles. The first-order chi connectivity index (χ1) is 12.9. The number of nitrogens with one attached hydrogen (secondary N) is 1. The van der Waals surface area contributed by atoms with Crippen molar-refractivity contribution in [1.29, 1.82) is 0 Å². The van der Waals surface area contributed by atoms with Gasteiger partial charge in [0.25, 0.3) is 5.91 Å². The zero-order valence-electron chi connectivity index (χ0n) is 14.8. The normalized spacial score (nSPS) is 15.7. The summed E-state index contributed by atoms with van der Waals surface area (Å²) in [4.78, 5) is 14.3. The van der Waals surface area contributed by atoms with E-state index in [1.807, 2.05) is 12.1 Å². The summed E-state index contributed by atoms with van der Waals surface area (Å²) in [6.45, 7) is 1.36. The van der Waals surface area contributed by atoms with E-state index in [4.69, 9.17) is 5.73 Å². The molecular formula is C19H22FN3O3S. The van der Waals surface area contributed by atoms with Gasteiger partial charge in [0.2, 0.25) is 10.0 Å². The Kier molecular flexibility index (Phi) is 5.88. The number of amides is 1. The van der Waals surface area contributed by atoms with Crippen molar-refractivity contribution in [3.05, 3.63) is 65.5 Å². The number of likely N-dealkylation sites (tertiary alicyclic amines) is 1. The van der Waals surface area contributed by atoms with Crippen molar-refractivity contribution in [2.24, 2.45) is 5.73 Å². The van der Waals surface area contributed by atoms with Crippen LogP contribution in [0, 0.1) is 5.82 Å². The van der Waals surface area contributed by atoms with E-state index in [1.54, 1.807) is 17.0 Å². The second-order valence-electron chi connectivity index (χ2n) is 6.54. The molecule has 2 aromatic rings. The van der Waals surface area contributed by atoms with Crippen LogP contribution in [0.1, 0.15) is 28.8 Å². The van der Waals surface area contributed by atoms with E-state index in [2.05, 4.69) is 4.72 Å². The quantitative estimate of drug-likeness (QED) is 0.814. The molecule has 6 nitrogen and oxygen atoms in total. The molecule has 1 amide bonds. The van der Waals surface area contributed by atoms with Gasteiger partial charge in [0.1, 0.15) is 5.82 Å². The number of nitrogens with two attached hydrogens (primary N) is 1. The van der Waals surface area contributed by atoms with Crippen molar-refractivity contribution < 1.29 is 17.6 Å². The molecule has 1 heterocycles. The van der Waals surface area contributed by atoms with Crippen LogP contribution in [0.2, 0.25) is 0 Å². The summed E-state index contributed by atoms with van der Waals surface area (Å²) in [5.74, 6) is -0.557. The highest BCUT2D eigenvalue weighted by Crippen LogP contribution is 2.17. The molecule has 0 unspecified atom stereocenters. The molecule has 3 N–H and O–H groups in total. The fraction of sp³-hybridized carbons (Fsp3) is 0.316. The molecule has 0 aliphatic carbocycles. The van der Waals surface area contributed by atoms with E-state index in [1.165, 1.54) is 12.1 Å². The van der Waals surface area contributed by atoms with Gasteiger partial charge in [-0.1, -0.05) is 12.1 Å². The van der Waals surface area contributed by atoms with Crippen LogP contribution in [0.5, 0.6) is 0 Å². The average molecular weight is 391 g/mol. The lowest BCUT2D eigenvalue weighted by Crippen LogP contribution is -2.46.